The van der Waals surface area contributed by atoms with Crippen molar-refractivity contribution in [1.29, 1.82) is 0 Å². The van der Waals surface area contributed by atoms with Gasteiger partial charge in [0.05, 0.1) is 12.6 Å². The van der Waals surface area contributed by atoms with Crippen molar-refractivity contribution in [3.63, 3.8) is 0 Å². The lowest BCUT2D eigenvalue weighted by Gasteiger charge is -2.35. The number of H-pyrrole nitrogens is 1. The van der Waals surface area contributed by atoms with E-state index in [-0.39, 0.29) is 11.0 Å². The number of aromatic nitrogens is 1. The van der Waals surface area contributed by atoms with Gasteiger partial charge in [-0.1, -0.05) is 13.0 Å². The number of amidine groups is 1. The van der Waals surface area contributed by atoms with E-state index in [0.29, 0.717) is 6.10 Å². The topological polar surface area (TPSA) is 60.9 Å². The highest BCUT2D eigenvalue weighted by atomic mass is 16.5. The first-order chi connectivity index (χ1) is 12.5. The molecule has 0 spiro atoms. The second kappa shape index (κ2) is 8.35. The van der Waals surface area contributed by atoms with Crippen LogP contribution in [-0.4, -0.2) is 72.6 Å². The monoisotopic (exact) mass is 360 g/mol. The molecule has 0 amide bonds. The summed E-state index contributed by atoms with van der Waals surface area (Å²) < 4.78 is 5.62. The Bertz CT molecular complexity index is 682. The fourth-order valence-electron chi connectivity index (χ4n) is 3.94. The molecule has 0 aliphatic carbocycles. The second-order valence-corrected chi connectivity index (χ2v) is 7.66. The molecule has 1 N–H and O–H groups in total. The fourth-order valence-corrected chi connectivity index (χ4v) is 3.94. The molecule has 2 atom stereocenters. The van der Waals surface area contributed by atoms with Gasteiger partial charge < -0.3 is 14.6 Å². The number of hydrogen-bond acceptors (Lipinski definition) is 4. The number of nitrogens with one attached hydrogen (secondary N) is 1. The molecule has 2 saturated heterocycles. The van der Waals surface area contributed by atoms with Crippen LogP contribution in [0.25, 0.3) is 0 Å². The summed E-state index contributed by atoms with van der Waals surface area (Å²) >= 11 is 0. The average Bonchev–Trinajstić information content (AvgIpc) is 2.96. The van der Waals surface area contributed by atoms with Crippen molar-refractivity contribution in [2.75, 3.05) is 45.9 Å². The number of hydrogen-bond donors (Lipinski definition) is 1. The Morgan fingerprint density at radius 3 is 2.88 bits per heavy atom. The molecule has 1 unspecified atom stereocenters. The molecule has 2 aliphatic rings. The summed E-state index contributed by atoms with van der Waals surface area (Å²) in [7, 11) is 0. The Morgan fingerprint density at radius 2 is 2.27 bits per heavy atom. The summed E-state index contributed by atoms with van der Waals surface area (Å²) in [5.74, 6) is 1.16. The Kier molecular flexibility index (Phi) is 6.14. The largest absolute Gasteiger partial charge is 0.376 e. The van der Waals surface area contributed by atoms with Crippen LogP contribution in [0.4, 0.5) is 0 Å². The maximum absolute atomic E-state index is 11.7. The van der Waals surface area contributed by atoms with Crippen LogP contribution in [0.3, 0.4) is 0 Å². The van der Waals surface area contributed by atoms with Crippen molar-refractivity contribution in [3.8, 4) is 0 Å². The number of pyridine rings is 1. The Balaban J connectivity index is 1.66. The molecule has 1 aromatic rings. The SMILES string of the molecule is CCN=C(CN1CCC(C)(c2cccc(=O)[nH]2)C1)N(CC)C[C@@H]1CCO1. The maximum atomic E-state index is 11.7. The predicted octanol–water partition coefficient (Wildman–Crippen LogP) is 1.87. The minimum Gasteiger partial charge on any atom is -0.376 e. The van der Waals surface area contributed by atoms with E-state index in [0.717, 1.165) is 70.2 Å². The molecule has 1 aromatic heterocycles. The highest BCUT2D eigenvalue weighted by molar-refractivity contribution is 5.84. The average molecular weight is 361 g/mol. The lowest BCUT2D eigenvalue weighted by atomic mass is 9.85. The Hall–Kier alpha value is -1.66. The maximum Gasteiger partial charge on any atom is 0.248 e. The Labute approximate surface area is 156 Å². The van der Waals surface area contributed by atoms with Crippen LogP contribution < -0.4 is 5.56 Å². The van der Waals surface area contributed by atoms with Crippen LogP contribution >= 0.6 is 0 Å². The van der Waals surface area contributed by atoms with Crippen molar-refractivity contribution in [3.05, 3.63) is 34.2 Å². The van der Waals surface area contributed by atoms with Crippen LogP contribution in [0.1, 0.15) is 39.3 Å². The molecule has 6 nitrogen and oxygen atoms in total. The van der Waals surface area contributed by atoms with Gasteiger partial charge in [-0.05, 0) is 39.3 Å². The van der Waals surface area contributed by atoms with Crippen molar-refractivity contribution in [2.24, 2.45) is 4.99 Å². The van der Waals surface area contributed by atoms with Gasteiger partial charge in [-0.15, -0.1) is 0 Å². The van der Waals surface area contributed by atoms with Crippen LogP contribution in [0.2, 0.25) is 0 Å². The summed E-state index contributed by atoms with van der Waals surface area (Å²) in [4.78, 5) is 24.3. The lowest BCUT2D eigenvalue weighted by Crippen LogP contribution is -2.46. The summed E-state index contributed by atoms with van der Waals surface area (Å²) in [6, 6.07) is 5.47. The zero-order valence-corrected chi connectivity index (χ0v) is 16.3. The first kappa shape index (κ1) is 19.1. The third-order valence-electron chi connectivity index (χ3n) is 5.64. The third kappa shape index (κ3) is 4.35. The molecular formula is C20H32N4O2. The number of ether oxygens (including phenoxy) is 1. The lowest BCUT2D eigenvalue weighted by molar-refractivity contribution is -0.0588. The van der Waals surface area contributed by atoms with Crippen LogP contribution in [-0.2, 0) is 10.2 Å². The first-order valence-electron chi connectivity index (χ1n) is 9.86. The van der Waals surface area contributed by atoms with Gasteiger partial charge in [0.2, 0.25) is 5.56 Å². The highest BCUT2D eigenvalue weighted by Gasteiger charge is 2.37. The van der Waals surface area contributed by atoms with Crippen LogP contribution in [0.5, 0.6) is 0 Å². The molecule has 26 heavy (non-hydrogen) atoms. The normalized spacial score (nSPS) is 26.7. The van der Waals surface area contributed by atoms with Gasteiger partial charge >= 0.3 is 0 Å². The van der Waals surface area contributed by atoms with Crippen LogP contribution in [0, 0.1) is 0 Å². The van der Waals surface area contributed by atoms with E-state index in [1.54, 1.807) is 6.07 Å². The van der Waals surface area contributed by atoms with E-state index in [1.165, 1.54) is 0 Å². The molecule has 3 heterocycles. The Morgan fingerprint density at radius 1 is 1.46 bits per heavy atom. The minimum absolute atomic E-state index is 0.00806. The summed E-state index contributed by atoms with van der Waals surface area (Å²) in [5.41, 5.74) is 1.01. The molecule has 0 saturated carbocycles. The summed E-state index contributed by atoms with van der Waals surface area (Å²) in [5, 5.41) is 0. The summed E-state index contributed by atoms with van der Waals surface area (Å²) in [6.45, 7) is 12.9. The number of aliphatic imine (C=N–C) groups is 1. The van der Waals surface area contributed by atoms with Crippen LogP contribution in [0.15, 0.2) is 28.0 Å². The third-order valence-corrected chi connectivity index (χ3v) is 5.64. The van der Waals surface area contributed by atoms with Gasteiger partial charge in [-0.25, -0.2) is 0 Å². The quantitative estimate of drug-likeness (QED) is 0.596. The van der Waals surface area contributed by atoms with Crippen molar-refractivity contribution < 1.29 is 4.74 Å². The molecule has 0 bridgehead atoms. The van der Waals surface area contributed by atoms with Gasteiger partial charge in [0.1, 0.15) is 5.84 Å². The van der Waals surface area contributed by atoms with E-state index in [1.807, 2.05) is 12.1 Å². The molecule has 0 radical (unpaired) electrons. The number of nitrogens with zero attached hydrogens (tertiary/aromatic N) is 3. The van der Waals surface area contributed by atoms with E-state index in [4.69, 9.17) is 9.73 Å². The number of aromatic amines is 1. The zero-order valence-electron chi connectivity index (χ0n) is 16.3. The minimum atomic E-state index is -0.0203. The summed E-state index contributed by atoms with van der Waals surface area (Å²) in [6.07, 6.45) is 2.55. The molecule has 2 aliphatic heterocycles. The smallest absolute Gasteiger partial charge is 0.248 e. The number of likely N-dealkylation sites (tertiary alicyclic amines) is 1. The molecular weight excluding hydrogens is 328 g/mol. The molecule has 0 aromatic carbocycles. The van der Waals surface area contributed by atoms with Crippen molar-refractivity contribution in [1.82, 2.24) is 14.8 Å². The first-order valence-corrected chi connectivity index (χ1v) is 9.86. The van der Waals surface area contributed by atoms with Gasteiger partial charge in [-0.2, -0.15) is 0 Å². The zero-order chi connectivity index (χ0) is 18.6. The van der Waals surface area contributed by atoms with Gasteiger partial charge in [0.25, 0.3) is 0 Å². The van der Waals surface area contributed by atoms with E-state index in [9.17, 15) is 4.79 Å². The second-order valence-electron chi connectivity index (χ2n) is 7.66. The molecule has 6 heteroatoms. The number of likely N-dealkylation sites (N-methyl/N-ethyl adjacent to an activating group) is 1. The van der Waals surface area contributed by atoms with Crippen molar-refractivity contribution in [2.45, 2.75) is 45.1 Å². The van der Waals surface area contributed by atoms with E-state index >= 15 is 0 Å². The van der Waals surface area contributed by atoms with Crippen molar-refractivity contribution >= 4 is 5.84 Å². The molecule has 2 fully saturated rings. The van der Waals surface area contributed by atoms with Gasteiger partial charge in [0, 0.05) is 50.0 Å². The van der Waals surface area contributed by atoms with Gasteiger partial charge in [-0.3, -0.25) is 14.7 Å². The van der Waals surface area contributed by atoms with E-state index in [2.05, 4.69) is 35.6 Å². The highest BCUT2D eigenvalue weighted by Crippen LogP contribution is 2.32. The molecule has 144 valence electrons. The van der Waals surface area contributed by atoms with Gasteiger partial charge in [0.15, 0.2) is 0 Å². The predicted molar refractivity (Wildman–Crippen MR) is 105 cm³/mol. The van der Waals surface area contributed by atoms with E-state index < -0.39 is 0 Å². The molecule has 3 rings (SSSR count). The fraction of sp³-hybridized carbons (Fsp3) is 0.700. The number of rotatable bonds is 7. The standard InChI is InChI=1S/C20H32N4O2/c1-4-21-18(24(5-2)13-16-9-12-26-16)14-23-11-10-20(3,15-23)17-7-6-8-19(25)22-17/h6-8,16H,4-5,9-15H2,1-3H3,(H,22,25)/t16-,20?/m0/s1.